The fourth-order valence-corrected chi connectivity index (χ4v) is 4.85. The van der Waals surface area contributed by atoms with E-state index in [0.29, 0.717) is 54.1 Å². The lowest BCUT2D eigenvalue weighted by Gasteiger charge is -2.27. The number of carbonyl (C=O) groups excluding carboxylic acids is 2. The van der Waals surface area contributed by atoms with Gasteiger partial charge in [0.2, 0.25) is 5.91 Å². The van der Waals surface area contributed by atoms with Crippen LogP contribution < -0.4 is 20.1 Å². The van der Waals surface area contributed by atoms with Gasteiger partial charge in [-0.3, -0.25) is 9.59 Å². The molecule has 0 saturated heterocycles. The summed E-state index contributed by atoms with van der Waals surface area (Å²) < 4.78 is 11.8. The predicted octanol–water partition coefficient (Wildman–Crippen LogP) is 4.67. The number of hydrogen-bond acceptors (Lipinski definition) is 5. The molecule has 0 aromatic heterocycles. The quantitative estimate of drug-likeness (QED) is 0.628. The predicted molar refractivity (Wildman–Crippen MR) is 135 cm³/mol. The van der Waals surface area contributed by atoms with Gasteiger partial charge >= 0.3 is 0 Å². The Morgan fingerprint density at radius 1 is 1.06 bits per heavy atom. The van der Waals surface area contributed by atoms with Crippen LogP contribution in [-0.2, 0) is 11.2 Å². The van der Waals surface area contributed by atoms with E-state index >= 15 is 0 Å². The number of carbonyl (C=O) groups is 2. The van der Waals surface area contributed by atoms with E-state index in [1.54, 1.807) is 12.1 Å². The molecule has 0 radical (unpaired) electrons. The molecule has 2 aromatic carbocycles. The number of ether oxygens (including phenoxy) is 2. The van der Waals surface area contributed by atoms with E-state index < -0.39 is 17.5 Å². The topological polar surface area (TPSA) is 100 Å². The highest BCUT2D eigenvalue weighted by molar-refractivity contribution is 6.32. The molecule has 2 heterocycles. The lowest BCUT2D eigenvalue weighted by atomic mass is 9.79. The van der Waals surface area contributed by atoms with E-state index in [0.717, 1.165) is 36.8 Å². The molecule has 0 unspecified atom stereocenters. The minimum atomic E-state index is -0.890. The van der Waals surface area contributed by atoms with Gasteiger partial charge in [-0.05, 0) is 79.8 Å². The molecular formula is C28H30ClN3O4. The number of halogens is 1. The van der Waals surface area contributed by atoms with Gasteiger partial charge < -0.3 is 20.1 Å². The van der Waals surface area contributed by atoms with Crippen molar-refractivity contribution in [3.63, 3.8) is 0 Å². The van der Waals surface area contributed by atoms with E-state index in [-0.39, 0.29) is 12.3 Å². The maximum atomic E-state index is 13.6. The molecule has 6 rings (SSSR count). The molecule has 2 aliphatic heterocycles. The maximum Gasteiger partial charge on any atom is 0.255 e. The molecule has 2 saturated carbocycles. The monoisotopic (exact) mass is 507 g/mol. The minimum absolute atomic E-state index is 0.220. The highest BCUT2D eigenvalue weighted by Gasteiger charge is 2.45. The van der Waals surface area contributed by atoms with Crippen LogP contribution in [0.5, 0.6) is 11.5 Å². The van der Waals surface area contributed by atoms with Gasteiger partial charge in [-0.1, -0.05) is 30.2 Å². The van der Waals surface area contributed by atoms with Crippen molar-refractivity contribution >= 4 is 23.4 Å². The second kappa shape index (κ2) is 10.4. The highest BCUT2D eigenvalue weighted by atomic mass is 35.5. The van der Waals surface area contributed by atoms with E-state index in [1.807, 2.05) is 24.3 Å². The number of hydrogen-bond donors (Lipinski definition) is 2. The van der Waals surface area contributed by atoms with Gasteiger partial charge in [0.05, 0.1) is 29.9 Å². The van der Waals surface area contributed by atoms with Crippen LogP contribution in [0.2, 0.25) is 5.02 Å². The summed E-state index contributed by atoms with van der Waals surface area (Å²) in [7, 11) is 0. The first-order valence-corrected chi connectivity index (χ1v) is 13.1. The number of amides is 2. The molecule has 2 bridgehead atoms. The van der Waals surface area contributed by atoms with Crippen LogP contribution in [-0.4, -0.2) is 36.6 Å². The number of rotatable bonds is 3. The van der Waals surface area contributed by atoms with Gasteiger partial charge in [0.25, 0.3) is 5.91 Å². The zero-order chi connectivity index (χ0) is 25.1. The lowest BCUT2D eigenvalue weighted by Crippen LogP contribution is -2.51. The summed E-state index contributed by atoms with van der Waals surface area (Å²) in [4.78, 5) is 26.9. The van der Waals surface area contributed by atoms with Gasteiger partial charge in [0.15, 0.2) is 0 Å². The fraction of sp³-hybridized carbons (Fsp3) is 0.464. The summed E-state index contributed by atoms with van der Waals surface area (Å²) in [5.41, 5.74) is 1.48. The number of benzene rings is 2. The summed E-state index contributed by atoms with van der Waals surface area (Å²) in [6.07, 6.45) is 6.38. The van der Waals surface area contributed by atoms with Crippen molar-refractivity contribution in [2.45, 2.75) is 68.9 Å². The van der Waals surface area contributed by atoms with Crippen LogP contribution in [0.25, 0.3) is 0 Å². The Morgan fingerprint density at radius 3 is 2.42 bits per heavy atom. The molecule has 8 heteroatoms. The van der Waals surface area contributed by atoms with Crippen molar-refractivity contribution in [3.8, 4) is 17.6 Å². The van der Waals surface area contributed by atoms with Crippen LogP contribution in [0.3, 0.4) is 0 Å². The molecule has 2 aliphatic carbocycles. The first kappa shape index (κ1) is 24.5. The van der Waals surface area contributed by atoms with Crippen molar-refractivity contribution < 1.29 is 19.1 Å². The molecular weight excluding hydrogens is 478 g/mol. The SMILES string of the molecule is N#CC1(NC(=O)[C@@H]2Cc3ccc(c(Cl)c3)OCCCCOc3ccc(C4CCC4)cc3C(=O)N2)CC1. The molecule has 2 N–H and O–H groups in total. The van der Waals surface area contributed by atoms with Gasteiger partial charge in [-0.25, -0.2) is 0 Å². The van der Waals surface area contributed by atoms with Crippen LogP contribution in [0.1, 0.15) is 72.3 Å². The van der Waals surface area contributed by atoms with E-state index in [9.17, 15) is 14.9 Å². The summed E-state index contributed by atoms with van der Waals surface area (Å²) >= 11 is 6.44. The van der Waals surface area contributed by atoms with Gasteiger partial charge in [-0.2, -0.15) is 5.26 Å². The molecule has 2 aromatic rings. The van der Waals surface area contributed by atoms with Crippen molar-refractivity contribution in [1.29, 1.82) is 5.26 Å². The second-order valence-electron chi connectivity index (χ2n) is 9.97. The molecule has 0 spiro atoms. The molecule has 36 heavy (non-hydrogen) atoms. The molecule has 7 nitrogen and oxygen atoms in total. The Balaban J connectivity index is 1.46. The summed E-state index contributed by atoms with van der Waals surface area (Å²) in [5, 5.41) is 15.7. The molecule has 4 aliphatic rings. The fourth-order valence-electron chi connectivity index (χ4n) is 4.60. The maximum absolute atomic E-state index is 13.6. The molecule has 188 valence electrons. The van der Waals surface area contributed by atoms with E-state index in [1.165, 1.54) is 6.42 Å². The zero-order valence-corrected chi connectivity index (χ0v) is 20.9. The number of fused-ring (bicyclic) bond motifs is 10. The first-order chi connectivity index (χ1) is 17.5. The van der Waals surface area contributed by atoms with E-state index in [2.05, 4.69) is 16.7 Å². The second-order valence-corrected chi connectivity index (χ2v) is 10.4. The Labute approximate surface area is 216 Å². The van der Waals surface area contributed by atoms with E-state index in [4.69, 9.17) is 21.1 Å². The smallest absolute Gasteiger partial charge is 0.255 e. The molecule has 2 amide bonds. The number of nitriles is 1. The third-order valence-corrected chi connectivity index (χ3v) is 7.56. The zero-order valence-electron chi connectivity index (χ0n) is 20.1. The van der Waals surface area contributed by atoms with Gasteiger partial charge in [-0.15, -0.1) is 0 Å². The van der Waals surface area contributed by atoms with Crippen molar-refractivity contribution in [3.05, 3.63) is 58.1 Å². The Kier molecular flexibility index (Phi) is 7.06. The average Bonchev–Trinajstić information content (AvgIpc) is 3.60. The first-order valence-electron chi connectivity index (χ1n) is 12.7. The number of nitrogens with one attached hydrogen (secondary N) is 2. The Morgan fingerprint density at radius 2 is 1.78 bits per heavy atom. The van der Waals surface area contributed by atoms with Crippen molar-refractivity contribution in [2.75, 3.05) is 13.2 Å². The number of nitrogens with zero attached hydrogens (tertiary/aromatic N) is 1. The van der Waals surface area contributed by atoms with Crippen LogP contribution in [0.4, 0.5) is 0 Å². The van der Waals surface area contributed by atoms with Crippen LogP contribution in [0, 0.1) is 11.3 Å². The normalized spacial score (nSPS) is 21.6. The van der Waals surface area contributed by atoms with Crippen LogP contribution in [0.15, 0.2) is 36.4 Å². The Bertz CT molecular complexity index is 1200. The average molecular weight is 508 g/mol. The standard InChI is InChI=1S/C28H30ClN3O4/c29-22-14-18-6-8-25(22)36-13-2-1-12-35-24-9-7-20(19-4-3-5-19)16-21(24)26(33)31-23(15-18)27(34)32-28(17-30)10-11-28/h6-9,14,16,19,23H,1-5,10-13,15H2,(H,31,33)(H,32,34)/t23-/m0/s1. The summed E-state index contributed by atoms with van der Waals surface area (Å²) in [6, 6.07) is 12.5. The Hall–Kier alpha value is -3.24. The minimum Gasteiger partial charge on any atom is -0.493 e. The van der Waals surface area contributed by atoms with Crippen molar-refractivity contribution in [1.82, 2.24) is 10.6 Å². The van der Waals surface area contributed by atoms with Gasteiger partial charge in [0, 0.05) is 6.42 Å². The highest BCUT2D eigenvalue weighted by Crippen LogP contribution is 2.38. The summed E-state index contributed by atoms with van der Waals surface area (Å²) in [5.74, 6) is 0.771. The third-order valence-electron chi connectivity index (χ3n) is 7.26. The summed E-state index contributed by atoms with van der Waals surface area (Å²) in [6.45, 7) is 0.936. The molecule has 2 fully saturated rings. The molecule has 1 atom stereocenters. The largest absolute Gasteiger partial charge is 0.493 e. The third kappa shape index (κ3) is 5.44. The van der Waals surface area contributed by atoms with Crippen LogP contribution >= 0.6 is 11.6 Å². The van der Waals surface area contributed by atoms with Gasteiger partial charge in [0.1, 0.15) is 23.1 Å². The van der Waals surface area contributed by atoms with Crippen molar-refractivity contribution in [2.24, 2.45) is 0 Å². The lowest BCUT2D eigenvalue weighted by molar-refractivity contribution is -0.123.